The van der Waals surface area contributed by atoms with Crippen LogP contribution >= 0.6 is 11.6 Å². The van der Waals surface area contributed by atoms with E-state index in [9.17, 15) is 0 Å². The Kier molecular flexibility index (Phi) is 6.16. The van der Waals surface area contributed by atoms with Crippen LogP contribution in [0.5, 0.6) is 0 Å². The van der Waals surface area contributed by atoms with E-state index in [1.165, 1.54) is 19.3 Å². The Labute approximate surface area is 114 Å². The molecule has 0 aliphatic rings. The van der Waals surface area contributed by atoms with Gasteiger partial charge in [-0.3, -0.25) is 5.41 Å². The van der Waals surface area contributed by atoms with Gasteiger partial charge in [0.15, 0.2) is 0 Å². The molecule has 0 spiro atoms. The molecule has 0 unspecified atom stereocenters. The fraction of sp³-hybridized carbons (Fsp3) is 0.500. The van der Waals surface area contributed by atoms with Crippen LogP contribution in [0.4, 0.5) is 0 Å². The second-order valence-corrected chi connectivity index (χ2v) is 5.07. The maximum atomic E-state index is 7.36. The molecule has 1 aromatic carbocycles. The summed E-state index contributed by atoms with van der Waals surface area (Å²) in [7, 11) is 2.10. The van der Waals surface area contributed by atoms with Gasteiger partial charge in [0.05, 0.1) is 0 Å². The lowest BCUT2D eigenvalue weighted by Crippen LogP contribution is -2.19. The number of benzene rings is 1. The summed E-state index contributed by atoms with van der Waals surface area (Å²) in [6.45, 7) is 4.12. The monoisotopic (exact) mass is 267 g/mol. The smallest absolute Gasteiger partial charge is 0.122 e. The number of nitrogen functional groups attached to an aromatic ring is 1. The third kappa shape index (κ3) is 4.67. The molecule has 0 amide bonds. The highest BCUT2D eigenvalue weighted by molar-refractivity contribution is 6.31. The van der Waals surface area contributed by atoms with E-state index in [-0.39, 0.29) is 5.84 Å². The number of halogens is 1. The van der Waals surface area contributed by atoms with E-state index < -0.39 is 0 Å². The van der Waals surface area contributed by atoms with Gasteiger partial charge in [-0.15, -0.1) is 0 Å². The van der Waals surface area contributed by atoms with Gasteiger partial charge in [0.2, 0.25) is 0 Å². The third-order valence-electron chi connectivity index (χ3n) is 2.95. The molecule has 0 fully saturated rings. The summed E-state index contributed by atoms with van der Waals surface area (Å²) in [6.07, 6.45) is 3.72. The maximum absolute atomic E-state index is 7.36. The molecular weight excluding hydrogens is 246 g/mol. The lowest BCUT2D eigenvalue weighted by Gasteiger charge is -2.17. The predicted octanol–water partition coefficient (Wildman–Crippen LogP) is 3.25. The van der Waals surface area contributed by atoms with Gasteiger partial charge < -0.3 is 10.6 Å². The number of nitrogens with one attached hydrogen (secondary N) is 1. The van der Waals surface area contributed by atoms with Gasteiger partial charge in [0, 0.05) is 17.1 Å². The fourth-order valence-electron chi connectivity index (χ4n) is 1.84. The van der Waals surface area contributed by atoms with Gasteiger partial charge in [-0.2, -0.15) is 0 Å². The molecule has 3 N–H and O–H groups in total. The average molecular weight is 268 g/mol. The summed E-state index contributed by atoms with van der Waals surface area (Å²) in [5, 5.41) is 8.05. The maximum Gasteiger partial charge on any atom is 0.122 e. The van der Waals surface area contributed by atoms with E-state index in [2.05, 4.69) is 18.9 Å². The normalized spacial score (nSPS) is 10.9. The number of unbranched alkanes of at least 4 members (excludes halogenated alkanes) is 2. The molecule has 18 heavy (non-hydrogen) atoms. The minimum absolute atomic E-state index is 0.0553. The highest BCUT2D eigenvalue weighted by atomic mass is 35.5. The first-order chi connectivity index (χ1) is 8.54. The van der Waals surface area contributed by atoms with Gasteiger partial charge in [-0.1, -0.05) is 43.5 Å². The first-order valence-corrected chi connectivity index (χ1v) is 6.73. The van der Waals surface area contributed by atoms with Crippen LogP contribution in [-0.2, 0) is 6.54 Å². The zero-order valence-corrected chi connectivity index (χ0v) is 11.9. The van der Waals surface area contributed by atoms with Crippen molar-refractivity contribution in [2.45, 2.75) is 32.7 Å². The SMILES string of the molecule is CCCCCN(C)Cc1ccc(C(=N)N)cc1Cl. The number of nitrogens with zero attached hydrogens (tertiary/aromatic N) is 1. The Hall–Kier alpha value is -1.06. The van der Waals surface area contributed by atoms with Crippen LogP contribution in [0.3, 0.4) is 0 Å². The molecule has 1 rings (SSSR count). The van der Waals surface area contributed by atoms with Gasteiger partial charge >= 0.3 is 0 Å². The second kappa shape index (κ2) is 7.39. The largest absolute Gasteiger partial charge is 0.384 e. The number of rotatable bonds is 7. The van der Waals surface area contributed by atoms with Crippen molar-refractivity contribution < 1.29 is 0 Å². The van der Waals surface area contributed by atoms with Crippen molar-refractivity contribution >= 4 is 17.4 Å². The Morgan fingerprint density at radius 1 is 1.39 bits per heavy atom. The molecule has 0 aromatic heterocycles. The molecule has 0 atom stereocenters. The van der Waals surface area contributed by atoms with Crippen molar-refractivity contribution in [2.24, 2.45) is 5.73 Å². The van der Waals surface area contributed by atoms with Crippen LogP contribution in [0.1, 0.15) is 37.3 Å². The van der Waals surface area contributed by atoms with Crippen molar-refractivity contribution in [1.29, 1.82) is 5.41 Å². The van der Waals surface area contributed by atoms with Crippen LogP contribution in [-0.4, -0.2) is 24.3 Å². The minimum atomic E-state index is 0.0553. The highest BCUT2D eigenvalue weighted by Gasteiger charge is 2.06. The Bertz CT molecular complexity index is 404. The first kappa shape index (κ1) is 15.0. The van der Waals surface area contributed by atoms with E-state index in [0.717, 1.165) is 18.7 Å². The molecule has 1 aromatic rings. The minimum Gasteiger partial charge on any atom is -0.384 e. The van der Waals surface area contributed by atoms with Crippen molar-refractivity contribution in [3.05, 3.63) is 34.3 Å². The average Bonchev–Trinajstić information content (AvgIpc) is 2.32. The number of hydrogen-bond donors (Lipinski definition) is 2. The number of hydrogen-bond acceptors (Lipinski definition) is 2. The standard InChI is InChI=1S/C14H22ClN3/c1-3-4-5-8-18(2)10-12-7-6-11(14(16)17)9-13(12)15/h6-7,9H,3-5,8,10H2,1-2H3,(H3,16,17). The van der Waals surface area contributed by atoms with Crippen molar-refractivity contribution in [1.82, 2.24) is 4.90 Å². The van der Waals surface area contributed by atoms with Crippen molar-refractivity contribution in [3.8, 4) is 0 Å². The van der Waals surface area contributed by atoms with Gasteiger partial charge in [-0.25, -0.2) is 0 Å². The Morgan fingerprint density at radius 2 is 2.11 bits per heavy atom. The second-order valence-electron chi connectivity index (χ2n) is 4.66. The van der Waals surface area contributed by atoms with Crippen molar-refractivity contribution in [3.63, 3.8) is 0 Å². The summed E-state index contributed by atoms with van der Waals surface area (Å²) < 4.78 is 0. The van der Waals surface area contributed by atoms with E-state index in [1.807, 2.05) is 12.1 Å². The van der Waals surface area contributed by atoms with Gasteiger partial charge in [0.25, 0.3) is 0 Å². The molecule has 0 saturated carbocycles. The van der Waals surface area contributed by atoms with Crippen LogP contribution in [0.15, 0.2) is 18.2 Å². The van der Waals surface area contributed by atoms with E-state index in [4.69, 9.17) is 22.7 Å². The van der Waals surface area contributed by atoms with Crippen LogP contribution < -0.4 is 5.73 Å². The molecule has 0 aliphatic carbocycles. The first-order valence-electron chi connectivity index (χ1n) is 6.36. The summed E-state index contributed by atoms with van der Waals surface area (Å²) >= 11 is 6.20. The lowest BCUT2D eigenvalue weighted by molar-refractivity contribution is 0.318. The molecule has 0 radical (unpaired) electrons. The molecule has 0 saturated heterocycles. The van der Waals surface area contributed by atoms with E-state index >= 15 is 0 Å². The molecule has 3 nitrogen and oxygen atoms in total. The van der Waals surface area contributed by atoms with E-state index in [0.29, 0.717) is 10.6 Å². The summed E-state index contributed by atoms with van der Waals surface area (Å²) in [4.78, 5) is 2.27. The Balaban J connectivity index is 2.59. The van der Waals surface area contributed by atoms with Crippen LogP contribution in [0.25, 0.3) is 0 Å². The molecule has 0 aliphatic heterocycles. The molecular formula is C14H22ClN3. The third-order valence-corrected chi connectivity index (χ3v) is 3.30. The van der Waals surface area contributed by atoms with Crippen LogP contribution in [0, 0.1) is 5.41 Å². The number of nitrogens with two attached hydrogens (primary N) is 1. The number of amidine groups is 1. The van der Waals surface area contributed by atoms with Crippen molar-refractivity contribution in [2.75, 3.05) is 13.6 Å². The lowest BCUT2D eigenvalue weighted by atomic mass is 10.1. The van der Waals surface area contributed by atoms with Crippen LogP contribution in [0.2, 0.25) is 5.02 Å². The fourth-order valence-corrected chi connectivity index (χ4v) is 2.08. The summed E-state index contributed by atoms with van der Waals surface area (Å²) in [6, 6.07) is 5.57. The topological polar surface area (TPSA) is 53.1 Å². The predicted molar refractivity (Wildman–Crippen MR) is 78.3 cm³/mol. The summed E-state index contributed by atoms with van der Waals surface area (Å²) in [5.74, 6) is 0.0553. The Morgan fingerprint density at radius 3 is 2.67 bits per heavy atom. The molecule has 0 bridgehead atoms. The van der Waals surface area contributed by atoms with E-state index in [1.54, 1.807) is 6.07 Å². The highest BCUT2D eigenvalue weighted by Crippen LogP contribution is 2.19. The quantitative estimate of drug-likeness (QED) is 0.453. The zero-order chi connectivity index (χ0) is 13.5. The zero-order valence-electron chi connectivity index (χ0n) is 11.2. The molecule has 4 heteroatoms. The van der Waals surface area contributed by atoms with Gasteiger partial charge in [-0.05, 0) is 31.6 Å². The molecule has 0 heterocycles. The summed E-state index contributed by atoms with van der Waals surface area (Å²) in [5.41, 5.74) is 7.19. The van der Waals surface area contributed by atoms with Gasteiger partial charge in [0.1, 0.15) is 5.84 Å². The molecule has 100 valence electrons.